The third-order valence-corrected chi connectivity index (χ3v) is 4.34. The Morgan fingerprint density at radius 3 is 2.87 bits per heavy atom. The van der Waals surface area contributed by atoms with Gasteiger partial charge in [-0.15, -0.1) is 0 Å². The SMILES string of the molecule is C[C@@H]1[C@H](C(=O)O)CCCN1C(=O)c1cccc(-n2cncn2)c1. The highest BCUT2D eigenvalue weighted by Gasteiger charge is 2.35. The van der Waals surface area contributed by atoms with Crippen molar-refractivity contribution in [3.8, 4) is 5.69 Å². The van der Waals surface area contributed by atoms with Crippen molar-refractivity contribution < 1.29 is 14.7 Å². The van der Waals surface area contributed by atoms with E-state index in [2.05, 4.69) is 10.1 Å². The summed E-state index contributed by atoms with van der Waals surface area (Å²) in [7, 11) is 0. The van der Waals surface area contributed by atoms with E-state index in [1.165, 1.54) is 6.33 Å². The lowest BCUT2D eigenvalue weighted by Gasteiger charge is -2.37. The second kappa shape index (κ2) is 6.20. The molecule has 120 valence electrons. The van der Waals surface area contributed by atoms with Crippen LogP contribution in [0.3, 0.4) is 0 Å². The summed E-state index contributed by atoms with van der Waals surface area (Å²) in [6, 6.07) is 6.79. The Morgan fingerprint density at radius 1 is 1.35 bits per heavy atom. The molecule has 1 aliphatic rings. The molecule has 0 spiro atoms. The van der Waals surface area contributed by atoms with Gasteiger partial charge in [-0.25, -0.2) is 9.67 Å². The number of piperidine rings is 1. The van der Waals surface area contributed by atoms with Crippen molar-refractivity contribution in [2.24, 2.45) is 5.92 Å². The summed E-state index contributed by atoms with van der Waals surface area (Å²) in [6.07, 6.45) is 4.31. The maximum absolute atomic E-state index is 12.8. The van der Waals surface area contributed by atoms with Gasteiger partial charge in [0.2, 0.25) is 0 Å². The minimum absolute atomic E-state index is 0.148. The summed E-state index contributed by atoms with van der Waals surface area (Å²) in [5, 5.41) is 13.3. The predicted molar refractivity (Wildman–Crippen MR) is 82.2 cm³/mol. The van der Waals surface area contributed by atoms with Crippen molar-refractivity contribution in [2.75, 3.05) is 6.54 Å². The van der Waals surface area contributed by atoms with Gasteiger partial charge in [0.05, 0.1) is 11.6 Å². The number of rotatable bonds is 3. The number of aromatic nitrogens is 3. The van der Waals surface area contributed by atoms with E-state index in [4.69, 9.17) is 0 Å². The van der Waals surface area contributed by atoms with E-state index < -0.39 is 11.9 Å². The fourth-order valence-electron chi connectivity index (χ4n) is 3.05. The van der Waals surface area contributed by atoms with Crippen LogP contribution in [0.1, 0.15) is 30.1 Å². The number of nitrogens with zero attached hydrogens (tertiary/aromatic N) is 4. The number of aliphatic carboxylic acids is 1. The zero-order valence-corrected chi connectivity index (χ0v) is 12.8. The molecule has 1 aliphatic heterocycles. The van der Waals surface area contributed by atoms with Crippen molar-refractivity contribution in [1.29, 1.82) is 0 Å². The van der Waals surface area contributed by atoms with Crippen molar-refractivity contribution in [3.05, 3.63) is 42.5 Å². The Labute approximate surface area is 133 Å². The molecule has 1 amide bonds. The topological polar surface area (TPSA) is 88.3 Å². The molecule has 2 aromatic rings. The fourth-order valence-corrected chi connectivity index (χ4v) is 3.05. The predicted octanol–water partition coefficient (Wildman–Crippen LogP) is 1.59. The number of hydrogen-bond acceptors (Lipinski definition) is 4. The molecule has 1 saturated heterocycles. The molecular formula is C16H18N4O3. The second-order valence-corrected chi connectivity index (χ2v) is 5.72. The summed E-state index contributed by atoms with van der Waals surface area (Å²) in [4.78, 5) is 29.7. The lowest BCUT2D eigenvalue weighted by molar-refractivity contribution is -0.144. The van der Waals surface area contributed by atoms with Gasteiger partial charge in [-0.05, 0) is 38.0 Å². The van der Waals surface area contributed by atoms with E-state index in [1.807, 2.05) is 6.07 Å². The second-order valence-electron chi connectivity index (χ2n) is 5.72. The van der Waals surface area contributed by atoms with Gasteiger partial charge in [0.1, 0.15) is 12.7 Å². The van der Waals surface area contributed by atoms with Crippen LogP contribution >= 0.6 is 0 Å². The number of carboxylic acid groups (broad SMARTS) is 1. The monoisotopic (exact) mass is 314 g/mol. The van der Waals surface area contributed by atoms with Gasteiger partial charge in [0.15, 0.2) is 0 Å². The van der Waals surface area contributed by atoms with Crippen LogP contribution in [0, 0.1) is 5.92 Å². The van der Waals surface area contributed by atoms with Gasteiger partial charge in [-0.3, -0.25) is 9.59 Å². The molecule has 2 heterocycles. The minimum Gasteiger partial charge on any atom is -0.481 e. The van der Waals surface area contributed by atoms with Crippen LogP contribution in [-0.2, 0) is 4.79 Å². The summed E-state index contributed by atoms with van der Waals surface area (Å²) >= 11 is 0. The summed E-state index contributed by atoms with van der Waals surface area (Å²) < 4.78 is 1.58. The number of likely N-dealkylation sites (tertiary alicyclic amines) is 1. The Bertz CT molecular complexity index is 714. The molecule has 1 N–H and O–H groups in total. The van der Waals surface area contributed by atoms with E-state index >= 15 is 0 Å². The quantitative estimate of drug-likeness (QED) is 0.929. The van der Waals surface area contributed by atoms with E-state index in [0.717, 1.165) is 5.69 Å². The van der Waals surface area contributed by atoms with Gasteiger partial charge < -0.3 is 10.0 Å². The molecule has 1 aromatic heterocycles. The lowest BCUT2D eigenvalue weighted by atomic mass is 9.90. The highest BCUT2D eigenvalue weighted by atomic mass is 16.4. The smallest absolute Gasteiger partial charge is 0.308 e. The molecule has 3 rings (SSSR count). The number of carbonyl (C=O) groups is 2. The van der Waals surface area contributed by atoms with E-state index in [0.29, 0.717) is 24.9 Å². The maximum Gasteiger partial charge on any atom is 0.308 e. The molecule has 1 fully saturated rings. The first-order valence-electron chi connectivity index (χ1n) is 7.57. The van der Waals surface area contributed by atoms with E-state index in [-0.39, 0.29) is 11.9 Å². The van der Waals surface area contributed by atoms with Crippen molar-refractivity contribution in [1.82, 2.24) is 19.7 Å². The summed E-state index contributed by atoms with van der Waals surface area (Å²) in [5.74, 6) is -1.50. The van der Waals surface area contributed by atoms with Crippen LogP contribution in [0.25, 0.3) is 5.69 Å². The Hall–Kier alpha value is -2.70. The summed E-state index contributed by atoms with van der Waals surface area (Å²) in [6.45, 7) is 2.38. The number of benzene rings is 1. The number of carboxylic acids is 1. The van der Waals surface area contributed by atoms with Gasteiger partial charge >= 0.3 is 5.97 Å². The van der Waals surface area contributed by atoms with Crippen LogP contribution in [0.2, 0.25) is 0 Å². The molecule has 2 atom stereocenters. The fraction of sp³-hybridized carbons (Fsp3) is 0.375. The standard InChI is InChI=1S/C16H18N4O3/c1-11-14(16(22)23)6-3-7-19(11)15(21)12-4-2-5-13(8-12)20-10-17-9-18-20/h2,4-5,8-11,14H,3,6-7H2,1H3,(H,22,23)/t11-,14-/m1/s1. The first kappa shape index (κ1) is 15.2. The van der Waals surface area contributed by atoms with Gasteiger partial charge in [-0.1, -0.05) is 6.07 Å². The van der Waals surface area contributed by atoms with Gasteiger partial charge in [-0.2, -0.15) is 5.10 Å². The van der Waals surface area contributed by atoms with Gasteiger partial charge in [0, 0.05) is 18.2 Å². The van der Waals surface area contributed by atoms with Crippen LogP contribution in [-0.4, -0.2) is 49.2 Å². The zero-order chi connectivity index (χ0) is 16.4. The van der Waals surface area contributed by atoms with Crippen LogP contribution in [0.5, 0.6) is 0 Å². The molecule has 7 nitrogen and oxygen atoms in total. The van der Waals surface area contributed by atoms with Gasteiger partial charge in [0.25, 0.3) is 5.91 Å². The molecule has 0 radical (unpaired) electrons. The Balaban J connectivity index is 1.85. The molecule has 23 heavy (non-hydrogen) atoms. The average molecular weight is 314 g/mol. The number of hydrogen-bond donors (Lipinski definition) is 1. The van der Waals surface area contributed by atoms with Crippen LogP contribution in [0.4, 0.5) is 0 Å². The first-order valence-corrected chi connectivity index (χ1v) is 7.57. The third-order valence-electron chi connectivity index (χ3n) is 4.34. The highest BCUT2D eigenvalue weighted by molar-refractivity contribution is 5.95. The van der Waals surface area contributed by atoms with Crippen molar-refractivity contribution in [2.45, 2.75) is 25.8 Å². The average Bonchev–Trinajstić information content (AvgIpc) is 3.09. The molecular weight excluding hydrogens is 296 g/mol. The van der Waals surface area contributed by atoms with Crippen LogP contribution in [0.15, 0.2) is 36.9 Å². The minimum atomic E-state index is -0.841. The largest absolute Gasteiger partial charge is 0.481 e. The molecule has 1 aromatic carbocycles. The maximum atomic E-state index is 12.8. The summed E-state index contributed by atoms with van der Waals surface area (Å²) in [5.41, 5.74) is 1.27. The van der Waals surface area contributed by atoms with E-state index in [1.54, 1.807) is 41.0 Å². The molecule has 0 aliphatic carbocycles. The molecule has 0 bridgehead atoms. The molecule has 0 unspecified atom stereocenters. The Kier molecular flexibility index (Phi) is 4.10. The normalized spacial score (nSPS) is 21.2. The van der Waals surface area contributed by atoms with Crippen molar-refractivity contribution >= 4 is 11.9 Å². The lowest BCUT2D eigenvalue weighted by Crippen LogP contribution is -2.49. The van der Waals surface area contributed by atoms with E-state index in [9.17, 15) is 14.7 Å². The molecule has 0 saturated carbocycles. The number of carbonyl (C=O) groups excluding carboxylic acids is 1. The third kappa shape index (κ3) is 2.94. The molecule has 7 heteroatoms. The van der Waals surface area contributed by atoms with Crippen molar-refractivity contribution in [3.63, 3.8) is 0 Å². The Morgan fingerprint density at radius 2 is 2.17 bits per heavy atom. The highest BCUT2D eigenvalue weighted by Crippen LogP contribution is 2.25. The van der Waals surface area contributed by atoms with Crippen LogP contribution < -0.4 is 0 Å². The number of amides is 1. The first-order chi connectivity index (χ1) is 11.1. The zero-order valence-electron chi connectivity index (χ0n) is 12.8.